The van der Waals surface area contributed by atoms with Crippen molar-refractivity contribution >= 4 is 17.7 Å². The maximum atomic E-state index is 11.1. The van der Waals surface area contributed by atoms with Gasteiger partial charge >= 0.3 is 0 Å². The molecule has 7 heteroatoms. The third kappa shape index (κ3) is 3.45. The Morgan fingerprint density at radius 2 is 1.92 bits per heavy atom. The molecule has 0 aliphatic carbocycles. The third-order valence-electron chi connectivity index (χ3n) is 3.69. The molecule has 1 N–H and O–H groups in total. The van der Waals surface area contributed by atoms with Gasteiger partial charge in [-0.1, -0.05) is 6.07 Å². The molecule has 0 bridgehead atoms. The van der Waals surface area contributed by atoms with E-state index < -0.39 is 4.92 Å². The molecule has 1 aliphatic rings. The van der Waals surface area contributed by atoms with Crippen LogP contribution in [0.1, 0.15) is 15.9 Å². The second-order valence-electron chi connectivity index (χ2n) is 5.31. The number of nitrogens with zero attached hydrogens (tertiary/aromatic N) is 1. The fourth-order valence-electron chi connectivity index (χ4n) is 2.51. The number of fused-ring (bicyclic) bond motifs is 1. The van der Waals surface area contributed by atoms with Crippen LogP contribution < -0.4 is 14.8 Å². The monoisotopic (exact) mass is 328 g/mol. The van der Waals surface area contributed by atoms with Gasteiger partial charge in [0, 0.05) is 18.2 Å². The van der Waals surface area contributed by atoms with E-state index in [-0.39, 0.29) is 11.3 Å². The lowest BCUT2D eigenvalue weighted by Crippen LogP contribution is -2.15. The Bertz CT molecular complexity index is 776. The van der Waals surface area contributed by atoms with Crippen LogP contribution in [0.4, 0.5) is 11.4 Å². The average Bonchev–Trinajstić information content (AvgIpc) is 2.61. The normalized spacial score (nSPS) is 12.5. The Labute approximate surface area is 138 Å². The van der Waals surface area contributed by atoms with Gasteiger partial charge in [-0.05, 0) is 36.2 Å². The molecule has 0 saturated heterocycles. The number of nitro groups is 1. The zero-order valence-corrected chi connectivity index (χ0v) is 12.9. The van der Waals surface area contributed by atoms with Crippen molar-refractivity contribution in [1.82, 2.24) is 0 Å². The average molecular weight is 328 g/mol. The Morgan fingerprint density at radius 1 is 1.12 bits per heavy atom. The first kappa shape index (κ1) is 15.8. The number of benzene rings is 2. The van der Waals surface area contributed by atoms with E-state index in [1.54, 1.807) is 12.1 Å². The van der Waals surface area contributed by atoms with E-state index in [9.17, 15) is 14.9 Å². The molecule has 0 atom stereocenters. The van der Waals surface area contributed by atoms with Gasteiger partial charge in [-0.15, -0.1) is 0 Å². The minimum absolute atomic E-state index is 0.109. The van der Waals surface area contributed by atoms with Crippen LogP contribution in [0.2, 0.25) is 0 Å². The largest absolute Gasteiger partial charge is 0.486 e. The number of aldehydes is 1. The van der Waals surface area contributed by atoms with Gasteiger partial charge in [-0.25, -0.2) is 0 Å². The zero-order chi connectivity index (χ0) is 16.9. The highest BCUT2D eigenvalue weighted by Crippen LogP contribution is 2.31. The standard InChI is InChI=1S/C17H16N2O5/c20-11-13-1-3-14(15(9-13)19(21)22)18-6-5-12-2-4-16-17(10-12)24-8-7-23-16/h1-4,9-11,18H,5-8H2. The number of anilines is 1. The molecule has 0 saturated carbocycles. The summed E-state index contributed by atoms with van der Waals surface area (Å²) in [6.07, 6.45) is 1.26. The molecular weight excluding hydrogens is 312 g/mol. The van der Waals surface area contributed by atoms with Crippen LogP contribution in [0, 0.1) is 10.1 Å². The van der Waals surface area contributed by atoms with Crippen LogP contribution in [0.3, 0.4) is 0 Å². The zero-order valence-electron chi connectivity index (χ0n) is 12.9. The molecular formula is C17H16N2O5. The lowest BCUT2D eigenvalue weighted by atomic mass is 10.1. The van der Waals surface area contributed by atoms with Crippen molar-refractivity contribution in [2.24, 2.45) is 0 Å². The van der Waals surface area contributed by atoms with Crippen molar-refractivity contribution in [2.45, 2.75) is 6.42 Å². The van der Waals surface area contributed by atoms with Crippen molar-refractivity contribution in [2.75, 3.05) is 25.1 Å². The Hall–Kier alpha value is -3.09. The maximum Gasteiger partial charge on any atom is 0.293 e. The van der Waals surface area contributed by atoms with E-state index in [4.69, 9.17) is 9.47 Å². The highest BCUT2D eigenvalue weighted by atomic mass is 16.6. The summed E-state index contributed by atoms with van der Waals surface area (Å²) in [5, 5.41) is 14.1. The van der Waals surface area contributed by atoms with Gasteiger partial charge in [0.05, 0.1) is 4.92 Å². The van der Waals surface area contributed by atoms with Crippen molar-refractivity contribution in [3.8, 4) is 11.5 Å². The second kappa shape index (κ2) is 6.99. The van der Waals surface area contributed by atoms with Crippen LogP contribution in [0.15, 0.2) is 36.4 Å². The smallest absolute Gasteiger partial charge is 0.293 e. The van der Waals surface area contributed by atoms with Crippen molar-refractivity contribution in [3.05, 3.63) is 57.6 Å². The summed E-state index contributed by atoms with van der Waals surface area (Å²) in [6.45, 7) is 1.60. The number of nitrogens with one attached hydrogen (secondary N) is 1. The Kier molecular flexibility index (Phi) is 4.60. The van der Waals surface area contributed by atoms with Crippen LogP contribution in [-0.2, 0) is 6.42 Å². The Morgan fingerprint density at radius 3 is 2.67 bits per heavy atom. The lowest BCUT2D eigenvalue weighted by molar-refractivity contribution is -0.384. The van der Waals surface area contributed by atoms with Crippen LogP contribution in [0.25, 0.3) is 0 Å². The Balaban J connectivity index is 1.66. The quantitative estimate of drug-likeness (QED) is 0.498. The van der Waals surface area contributed by atoms with E-state index in [0.717, 1.165) is 17.1 Å². The number of carbonyl (C=O) groups is 1. The summed E-state index contributed by atoms with van der Waals surface area (Å²) < 4.78 is 11.0. The molecule has 124 valence electrons. The number of rotatable bonds is 6. The van der Waals surface area contributed by atoms with Crippen LogP contribution >= 0.6 is 0 Å². The predicted octanol–water partition coefficient (Wildman–Crippen LogP) is 2.83. The first-order valence-corrected chi connectivity index (χ1v) is 7.53. The molecule has 2 aromatic carbocycles. The first-order chi connectivity index (χ1) is 11.7. The molecule has 2 aromatic rings. The summed E-state index contributed by atoms with van der Waals surface area (Å²) in [5.74, 6) is 1.46. The number of ether oxygens (including phenoxy) is 2. The van der Waals surface area contributed by atoms with Gasteiger partial charge in [0.15, 0.2) is 11.5 Å². The number of hydrogen-bond donors (Lipinski definition) is 1. The highest BCUT2D eigenvalue weighted by molar-refractivity contribution is 5.79. The molecule has 1 heterocycles. The lowest BCUT2D eigenvalue weighted by Gasteiger charge is -2.19. The van der Waals surface area contributed by atoms with Gasteiger partial charge in [0.1, 0.15) is 25.2 Å². The molecule has 0 radical (unpaired) electrons. The van der Waals surface area contributed by atoms with Gasteiger partial charge in [0.2, 0.25) is 0 Å². The minimum Gasteiger partial charge on any atom is -0.486 e. The van der Waals surface area contributed by atoms with E-state index in [0.29, 0.717) is 38.2 Å². The maximum absolute atomic E-state index is 11.1. The van der Waals surface area contributed by atoms with Crippen molar-refractivity contribution in [1.29, 1.82) is 0 Å². The molecule has 0 aromatic heterocycles. The van der Waals surface area contributed by atoms with Crippen molar-refractivity contribution < 1.29 is 19.2 Å². The molecule has 0 amide bonds. The molecule has 3 rings (SSSR count). The summed E-state index contributed by atoms with van der Waals surface area (Å²) in [5.41, 5.74) is 1.60. The van der Waals surface area contributed by atoms with Crippen LogP contribution in [-0.4, -0.2) is 31.0 Å². The number of nitro benzene ring substituents is 1. The predicted molar refractivity (Wildman–Crippen MR) is 88.1 cm³/mol. The fourth-order valence-corrected chi connectivity index (χ4v) is 2.51. The van der Waals surface area contributed by atoms with Gasteiger partial charge < -0.3 is 14.8 Å². The molecule has 0 unspecified atom stereocenters. The van der Waals surface area contributed by atoms with E-state index >= 15 is 0 Å². The number of hydrogen-bond acceptors (Lipinski definition) is 6. The molecule has 0 spiro atoms. The fraction of sp³-hybridized carbons (Fsp3) is 0.235. The van der Waals surface area contributed by atoms with Gasteiger partial charge in [0.25, 0.3) is 5.69 Å². The SMILES string of the molecule is O=Cc1ccc(NCCc2ccc3c(c2)OCCO3)c([N+](=O)[O-])c1. The third-order valence-corrected chi connectivity index (χ3v) is 3.69. The molecule has 24 heavy (non-hydrogen) atoms. The first-order valence-electron chi connectivity index (χ1n) is 7.53. The molecule has 1 aliphatic heterocycles. The van der Waals surface area contributed by atoms with E-state index in [1.165, 1.54) is 6.07 Å². The highest BCUT2D eigenvalue weighted by Gasteiger charge is 2.15. The van der Waals surface area contributed by atoms with Gasteiger partial charge in [-0.2, -0.15) is 0 Å². The second-order valence-corrected chi connectivity index (χ2v) is 5.31. The summed E-state index contributed by atoms with van der Waals surface area (Å²) in [6, 6.07) is 10.1. The van der Waals surface area contributed by atoms with Crippen LogP contribution in [0.5, 0.6) is 11.5 Å². The topological polar surface area (TPSA) is 90.7 Å². The summed E-state index contributed by atoms with van der Waals surface area (Å²) >= 11 is 0. The van der Waals surface area contributed by atoms with E-state index in [2.05, 4.69) is 5.32 Å². The van der Waals surface area contributed by atoms with Crippen molar-refractivity contribution in [3.63, 3.8) is 0 Å². The summed E-state index contributed by atoms with van der Waals surface area (Å²) in [7, 11) is 0. The minimum atomic E-state index is -0.501. The molecule has 7 nitrogen and oxygen atoms in total. The number of carbonyl (C=O) groups excluding carboxylic acids is 1. The summed E-state index contributed by atoms with van der Waals surface area (Å²) in [4.78, 5) is 21.3. The van der Waals surface area contributed by atoms with E-state index in [1.807, 2.05) is 18.2 Å². The van der Waals surface area contributed by atoms with Gasteiger partial charge in [-0.3, -0.25) is 14.9 Å². The molecule has 0 fully saturated rings.